The topological polar surface area (TPSA) is 84.2 Å². The normalized spacial score (nSPS) is 36.2. The molecule has 0 radical (unpaired) electrons. The summed E-state index contributed by atoms with van der Waals surface area (Å²) >= 11 is 0. The van der Waals surface area contributed by atoms with Gasteiger partial charge in [-0.25, -0.2) is 0 Å². The third kappa shape index (κ3) is 3.22. The van der Waals surface area contributed by atoms with E-state index in [0.29, 0.717) is 18.9 Å². The molecule has 0 aromatic carbocycles. The molecular weight excluding hydrogens is 230 g/mol. The van der Waals surface area contributed by atoms with Gasteiger partial charge in [-0.2, -0.15) is 0 Å². The van der Waals surface area contributed by atoms with Gasteiger partial charge in [-0.1, -0.05) is 6.92 Å². The van der Waals surface area contributed by atoms with Crippen molar-refractivity contribution in [3.8, 4) is 0 Å². The highest BCUT2D eigenvalue weighted by molar-refractivity contribution is 5.80. The largest absolute Gasteiger partial charge is 0.354 e. The highest BCUT2D eigenvalue weighted by Gasteiger charge is 2.31. The molecule has 4 unspecified atom stereocenters. The van der Waals surface area contributed by atoms with E-state index in [9.17, 15) is 9.59 Å². The van der Waals surface area contributed by atoms with E-state index in [2.05, 4.69) is 17.6 Å². The second-order valence-corrected chi connectivity index (χ2v) is 5.71. The quantitative estimate of drug-likeness (QED) is 0.669. The Labute approximate surface area is 108 Å². The van der Waals surface area contributed by atoms with Crippen LogP contribution in [0, 0.1) is 11.8 Å². The molecule has 1 saturated carbocycles. The van der Waals surface area contributed by atoms with E-state index >= 15 is 0 Å². The molecule has 2 fully saturated rings. The highest BCUT2D eigenvalue weighted by Crippen LogP contribution is 2.29. The SMILES string of the molecule is CC1CCC(N)CC1C(=O)NCC1CCC(=O)N1. The molecule has 0 spiro atoms. The second kappa shape index (κ2) is 5.69. The number of rotatable bonds is 3. The Bertz CT molecular complexity index is 332. The van der Waals surface area contributed by atoms with Crippen LogP contribution in [0.4, 0.5) is 0 Å². The summed E-state index contributed by atoms with van der Waals surface area (Å²) in [5.41, 5.74) is 5.92. The summed E-state index contributed by atoms with van der Waals surface area (Å²) in [5.74, 6) is 0.620. The lowest BCUT2D eigenvalue weighted by molar-refractivity contribution is -0.128. The van der Waals surface area contributed by atoms with E-state index < -0.39 is 0 Å². The first-order chi connectivity index (χ1) is 8.56. The molecule has 0 aromatic heterocycles. The third-order valence-corrected chi connectivity index (χ3v) is 4.18. The van der Waals surface area contributed by atoms with Crippen LogP contribution in [0.5, 0.6) is 0 Å². The first-order valence-corrected chi connectivity index (χ1v) is 6.89. The van der Waals surface area contributed by atoms with Crippen LogP contribution < -0.4 is 16.4 Å². The smallest absolute Gasteiger partial charge is 0.223 e. The van der Waals surface area contributed by atoms with Crippen LogP contribution in [0.15, 0.2) is 0 Å². The van der Waals surface area contributed by atoms with Crippen molar-refractivity contribution in [2.24, 2.45) is 17.6 Å². The fraction of sp³-hybridized carbons (Fsp3) is 0.846. The molecule has 1 aliphatic heterocycles. The predicted molar refractivity (Wildman–Crippen MR) is 68.7 cm³/mol. The minimum atomic E-state index is 0.0332. The Morgan fingerprint density at radius 1 is 1.44 bits per heavy atom. The predicted octanol–water partition coefficient (Wildman–Crippen LogP) is 0.145. The van der Waals surface area contributed by atoms with Gasteiger partial charge < -0.3 is 16.4 Å². The van der Waals surface area contributed by atoms with E-state index in [1.807, 2.05) is 0 Å². The molecule has 5 nitrogen and oxygen atoms in total. The summed E-state index contributed by atoms with van der Waals surface area (Å²) in [6.07, 6.45) is 4.22. The van der Waals surface area contributed by atoms with Gasteiger partial charge >= 0.3 is 0 Å². The molecule has 1 aliphatic carbocycles. The van der Waals surface area contributed by atoms with Crippen LogP contribution in [0.1, 0.15) is 39.0 Å². The number of amides is 2. The van der Waals surface area contributed by atoms with E-state index in [1.54, 1.807) is 0 Å². The zero-order valence-corrected chi connectivity index (χ0v) is 10.9. The van der Waals surface area contributed by atoms with Crippen LogP contribution in [0.25, 0.3) is 0 Å². The van der Waals surface area contributed by atoms with Gasteiger partial charge in [-0.15, -0.1) is 0 Å². The van der Waals surface area contributed by atoms with E-state index in [0.717, 1.165) is 25.7 Å². The van der Waals surface area contributed by atoms with Crippen molar-refractivity contribution in [2.45, 2.75) is 51.1 Å². The molecule has 1 saturated heterocycles. The number of nitrogens with one attached hydrogen (secondary N) is 2. The maximum Gasteiger partial charge on any atom is 0.223 e. The van der Waals surface area contributed by atoms with Crippen LogP contribution >= 0.6 is 0 Å². The summed E-state index contributed by atoms with van der Waals surface area (Å²) in [5, 5.41) is 5.81. The Hall–Kier alpha value is -1.10. The molecule has 0 aromatic rings. The second-order valence-electron chi connectivity index (χ2n) is 5.71. The molecule has 5 heteroatoms. The van der Waals surface area contributed by atoms with Crippen molar-refractivity contribution in [1.82, 2.24) is 10.6 Å². The van der Waals surface area contributed by atoms with Crippen LogP contribution in [0.2, 0.25) is 0 Å². The standard InChI is InChI=1S/C13H23N3O2/c1-8-2-3-9(14)6-11(8)13(18)15-7-10-4-5-12(17)16-10/h8-11H,2-7,14H2,1H3,(H,15,18)(H,16,17). The fourth-order valence-corrected chi connectivity index (χ4v) is 2.91. The monoisotopic (exact) mass is 253 g/mol. The van der Waals surface area contributed by atoms with Crippen LogP contribution in [0.3, 0.4) is 0 Å². The van der Waals surface area contributed by atoms with Crippen LogP contribution in [-0.2, 0) is 9.59 Å². The van der Waals surface area contributed by atoms with Crippen molar-refractivity contribution in [2.75, 3.05) is 6.54 Å². The van der Waals surface area contributed by atoms with E-state index in [-0.39, 0.29) is 29.8 Å². The van der Waals surface area contributed by atoms with Crippen molar-refractivity contribution < 1.29 is 9.59 Å². The zero-order valence-electron chi connectivity index (χ0n) is 10.9. The average molecular weight is 253 g/mol. The summed E-state index contributed by atoms with van der Waals surface area (Å²) in [6, 6.07) is 0.261. The van der Waals surface area contributed by atoms with Gasteiger partial charge in [0.2, 0.25) is 11.8 Å². The number of carbonyl (C=O) groups is 2. The minimum absolute atomic E-state index is 0.0332. The van der Waals surface area contributed by atoms with Gasteiger partial charge in [0.15, 0.2) is 0 Å². The first-order valence-electron chi connectivity index (χ1n) is 6.89. The van der Waals surface area contributed by atoms with Crippen molar-refractivity contribution >= 4 is 11.8 Å². The van der Waals surface area contributed by atoms with Gasteiger partial charge in [0.1, 0.15) is 0 Å². The van der Waals surface area contributed by atoms with Gasteiger partial charge in [0, 0.05) is 31.0 Å². The lowest BCUT2D eigenvalue weighted by Gasteiger charge is -2.31. The lowest BCUT2D eigenvalue weighted by Crippen LogP contribution is -2.45. The summed E-state index contributed by atoms with van der Waals surface area (Å²) in [4.78, 5) is 23.2. The third-order valence-electron chi connectivity index (χ3n) is 4.18. The van der Waals surface area contributed by atoms with Crippen molar-refractivity contribution in [1.29, 1.82) is 0 Å². The lowest BCUT2D eigenvalue weighted by atomic mass is 9.77. The van der Waals surface area contributed by atoms with Gasteiger partial charge in [0.05, 0.1) is 0 Å². The van der Waals surface area contributed by atoms with Gasteiger partial charge in [-0.05, 0) is 31.6 Å². The molecule has 4 N–H and O–H groups in total. The molecule has 2 amide bonds. The zero-order chi connectivity index (χ0) is 13.1. The maximum absolute atomic E-state index is 12.1. The number of hydrogen-bond donors (Lipinski definition) is 3. The molecule has 1 heterocycles. The van der Waals surface area contributed by atoms with Crippen molar-refractivity contribution in [3.63, 3.8) is 0 Å². The molecular formula is C13H23N3O2. The first kappa shape index (κ1) is 13.3. The number of hydrogen-bond acceptors (Lipinski definition) is 3. The Balaban J connectivity index is 1.78. The van der Waals surface area contributed by atoms with Gasteiger partial charge in [0.25, 0.3) is 0 Å². The molecule has 18 heavy (non-hydrogen) atoms. The Morgan fingerprint density at radius 2 is 2.22 bits per heavy atom. The Morgan fingerprint density at radius 3 is 2.89 bits per heavy atom. The van der Waals surface area contributed by atoms with E-state index in [4.69, 9.17) is 5.73 Å². The molecule has 2 aliphatic rings. The van der Waals surface area contributed by atoms with Crippen LogP contribution in [-0.4, -0.2) is 30.4 Å². The Kier molecular flexibility index (Phi) is 4.22. The van der Waals surface area contributed by atoms with E-state index in [1.165, 1.54) is 0 Å². The average Bonchev–Trinajstić information content (AvgIpc) is 2.75. The highest BCUT2D eigenvalue weighted by atomic mass is 16.2. The van der Waals surface area contributed by atoms with Crippen molar-refractivity contribution in [3.05, 3.63) is 0 Å². The number of carbonyl (C=O) groups excluding carboxylic acids is 2. The number of nitrogens with two attached hydrogens (primary N) is 1. The minimum Gasteiger partial charge on any atom is -0.354 e. The molecule has 4 atom stereocenters. The fourth-order valence-electron chi connectivity index (χ4n) is 2.91. The summed E-state index contributed by atoms with van der Waals surface area (Å²) < 4.78 is 0. The molecule has 0 bridgehead atoms. The summed E-state index contributed by atoms with van der Waals surface area (Å²) in [6.45, 7) is 2.66. The van der Waals surface area contributed by atoms with Gasteiger partial charge in [-0.3, -0.25) is 9.59 Å². The summed E-state index contributed by atoms with van der Waals surface area (Å²) in [7, 11) is 0. The maximum atomic E-state index is 12.1. The molecule has 2 rings (SSSR count). The molecule has 102 valence electrons.